The van der Waals surface area contributed by atoms with Crippen molar-refractivity contribution in [3.05, 3.63) is 53.0 Å². The zero-order valence-electron chi connectivity index (χ0n) is 19.0. The molecule has 2 aliphatic heterocycles. The average molecular weight is 423 g/mol. The van der Waals surface area contributed by atoms with E-state index in [2.05, 4.69) is 50.3 Å². The summed E-state index contributed by atoms with van der Waals surface area (Å²) in [5, 5.41) is 2.99. The SMILES string of the molecule is Cc1nc2c(c(N3CCN(CC(=O)NC(C)C)CC3)n1)CN(Cc1ccccc1)CC2. The van der Waals surface area contributed by atoms with Crippen molar-refractivity contribution < 1.29 is 4.79 Å². The van der Waals surface area contributed by atoms with Crippen LogP contribution < -0.4 is 10.2 Å². The summed E-state index contributed by atoms with van der Waals surface area (Å²) in [7, 11) is 0. The maximum absolute atomic E-state index is 12.1. The molecule has 1 saturated heterocycles. The Balaban J connectivity index is 1.43. The van der Waals surface area contributed by atoms with Gasteiger partial charge < -0.3 is 10.2 Å². The Labute approximate surface area is 185 Å². The summed E-state index contributed by atoms with van der Waals surface area (Å²) in [5.74, 6) is 2.05. The van der Waals surface area contributed by atoms with Crippen molar-refractivity contribution in [1.82, 2.24) is 25.1 Å². The van der Waals surface area contributed by atoms with Gasteiger partial charge in [-0.05, 0) is 26.3 Å². The molecule has 0 radical (unpaired) electrons. The van der Waals surface area contributed by atoms with Gasteiger partial charge in [0.2, 0.25) is 5.91 Å². The van der Waals surface area contributed by atoms with Crippen LogP contribution in [0.15, 0.2) is 30.3 Å². The van der Waals surface area contributed by atoms with E-state index < -0.39 is 0 Å². The third-order valence-corrected chi connectivity index (χ3v) is 5.97. The number of aromatic nitrogens is 2. The van der Waals surface area contributed by atoms with E-state index in [9.17, 15) is 4.79 Å². The first kappa shape index (κ1) is 21.7. The third-order valence-electron chi connectivity index (χ3n) is 5.97. The maximum Gasteiger partial charge on any atom is 0.234 e. The first-order valence-electron chi connectivity index (χ1n) is 11.4. The van der Waals surface area contributed by atoms with Crippen LogP contribution in [0.4, 0.5) is 5.82 Å². The van der Waals surface area contributed by atoms with Gasteiger partial charge in [-0.25, -0.2) is 9.97 Å². The van der Waals surface area contributed by atoms with Crippen LogP contribution in [0.5, 0.6) is 0 Å². The fourth-order valence-electron chi connectivity index (χ4n) is 4.50. The Hall–Kier alpha value is -2.51. The van der Waals surface area contributed by atoms with Crippen molar-refractivity contribution in [3.63, 3.8) is 0 Å². The first-order chi connectivity index (χ1) is 15.0. The van der Waals surface area contributed by atoms with Crippen LogP contribution in [0.1, 0.15) is 36.5 Å². The van der Waals surface area contributed by atoms with Gasteiger partial charge >= 0.3 is 0 Å². The van der Waals surface area contributed by atoms with Gasteiger partial charge in [-0.2, -0.15) is 0 Å². The summed E-state index contributed by atoms with van der Waals surface area (Å²) in [6.45, 7) is 12.8. The van der Waals surface area contributed by atoms with Crippen molar-refractivity contribution in [2.75, 3.05) is 44.2 Å². The lowest BCUT2D eigenvalue weighted by Gasteiger charge is -2.38. The standard InChI is InChI=1S/C24H34N6O/c1-18(2)25-23(31)17-28-11-13-30(14-12-28)24-21-16-29(15-20-7-5-4-6-8-20)10-9-22(21)26-19(3)27-24/h4-8,18H,9-17H2,1-3H3,(H,25,31). The largest absolute Gasteiger partial charge is 0.354 e. The topological polar surface area (TPSA) is 64.6 Å². The maximum atomic E-state index is 12.1. The monoisotopic (exact) mass is 422 g/mol. The molecule has 2 aromatic rings. The van der Waals surface area contributed by atoms with Gasteiger partial charge in [0.15, 0.2) is 0 Å². The molecule has 7 heteroatoms. The van der Waals surface area contributed by atoms with E-state index in [4.69, 9.17) is 9.97 Å². The van der Waals surface area contributed by atoms with Gasteiger partial charge in [0, 0.05) is 63.8 Å². The number of hydrogen-bond acceptors (Lipinski definition) is 6. The van der Waals surface area contributed by atoms with E-state index in [-0.39, 0.29) is 11.9 Å². The normalized spacial score (nSPS) is 17.6. The van der Waals surface area contributed by atoms with Crippen LogP contribution in [0.3, 0.4) is 0 Å². The number of carbonyl (C=O) groups excluding carboxylic acids is 1. The van der Waals surface area contributed by atoms with Gasteiger partial charge in [0.25, 0.3) is 0 Å². The Bertz CT molecular complexity index is 892. The third kappa shape index (κ3) is 5.60. The van der Waals surface area contributed by atoms with Crippen molar-refractivity contribution in [3.8, 4) is 0 Å². The summed E-state index contributed by atoms with van der Waals surface area (Å²) >= 11 is 0. The lowest BCUT2D eigenvalue weighted by atomic mass is 10.0. The number of amides is 1. The highest BCUT2D eigenvalue weighted by Crippen LogP contribution is 2.28. The van der Waals surface area contributed by atoms with Crippen LogP contribution in [0.25, 0.3) is 0 Å². The minimum atomic E-state index is 0.107. The summed E-state index contributed by atoms with van der Waals surface area (Å²) in [4.78, 5) is 28.8. The van der Waals surface area contributed by atoms with E-state index in [0.29, 0.717) is 6.54 Å². The molecule has 0 unspecified atom stereocenters. The second kappa shape index (κ2) is 9.75. The molecule has 3 heterocycles. The Morgan fingerprint density at radius 3 is 2.48 bits per heavy atom. The molecule has 31 heavy (non-hydrogen) atoms. The molecule has 4 rings (SSSR count). The molecular formula is C24H34N6O. The predicted molar refractivity (Wildman–Crippen MR) is 123 cm³/mol. The van der Waals surface area contributed by atoms with Crippen molar-refractivity contribution in [1.29, 1.82) is 0 Å². The Morgan fingerprint density at radius 2 is 1.77 bits per heavy atom. The highest BCUT2D eigenvalue weighted by molar-refractivity contribution is 5.78. The van der Waals surface area contributed by atoms with Gasteiger partial charge in [-0.15, -0.1) is 0 Å². The van der Waals surface area contributed by atoms with Crippen molar-refractivity contribution >= 4 is 11.7 Å². The predicted octanol–water partition coefficient (Wildman–Crippen LogP) is 1.99. The Kier molecular flexibility index (Phi) is 6.83. The van der Waals surface area contributed by atoms with E-state index in [1.54, 1.807) is 0 Å². The van der Waals surface area contributed by atoms with Gasteiger partial charge in [0.05, 0.1) is 12.2 Å². The average Bonchev–Trinajstić information content (AvgIpc) is 2.74. The molecule has 166 valence electrons. The number of anilines is 1. The molecule has 1 N–H and O–H groups in total. The minimum absolute atomic E-state index is 0.107. The number of rotatable bonds is 6. The molecule has 7 nitrogen and oxygen atoms in total. The van der Waals surface area contributed by atoms with E-state index >= 15 is 0 Å². The molecule has 1 aromatic heterocycles. The van der Waals surface area contributed by atoms with Crippen LogP contribution in [-0.2, 0) is 24.3 Å². The van der Waals surface area contributed by atoms with E-state index in [0.717, 1.165) is 63.9 Å². The molecular weight excluding hydrogens is 388 g/mol. The highest BCUT2D eigenvalue weighted by Gasteiger charge is 2.27. The van der Waals surface area contributed by atoms with Gasteiger partial charge in [-0.3, -0.25) is 14.6 Å². The number of hydrogen-bond donors (Lipinski definition) is 1. The van der Waals surface area contributed by atoms with Crippen LogP contribution >= 0.6 is 0 Å². The zero-order valence-corrected chi connectivity index (χ0v) is 19.0. The number of piperazine rings is 1. The number of nitrogens with zero attached hydrogens (tertiary/aromatic N) is 5. The second-order valence-electron chi connectivity index (χ2n) is 8.95. The number of benzene rings is 1. The lowest BCUT2D eigenvalue weighted by Crippen LogP contribution is -2.50. The van der Waals surface area contributed by atoms with Crippen LogP contribution in [0.2, 0.25) is 0 Å². The van der Waals surface area contributed by atoms with Crippen molar-refractivity contribution in [2.45, 2.75) is 46.3 Å². The van der Waals surface area contributed by atoms with Gasteiger partial charge in [0.1, 0.15) is 11.6 Å². The summed E-state index contributed by atoms with van der Waals surface area (Å²) in [6, 6.07) is 10.8. The summed E-state index contributed by atoms with van der Waals surface area (Å²) in [5.41, 5.74) is 3.82. The number of aryl methyl sites for hydroxylation is 1. The molecule has 0 aliphatic carbocycles. The second-order valence-corrected chi connectivity index (χ2v) is 8.95. The summed E-state index contributed by atoms with van der Waals surface area (Å²) in [6.07, 6.45) is 0.966. The molecule has 0 bridgehead atoms. The van der Waals surface area contributed by atoms with Crippen molar-refractivity contribution in [2.24, 2.45) is 0 Å². The molecule has 0 saturated carbocycles. The fraction of sp³-hybridized carbons (Fsp3) is 0.542. The molecule has 0 atom stereocenters. The molecule has 0 spiro atoms. The molecule has 1 aromatic carbocycles. The number of carbonyl (C=O) groups is 1. The quantitative estimate of drug-likeness (QED) is 0.768. The van der Waals surface area contributed by atoms with E-state index in [1.807, 2.05) is 20.8 Å². The zero-order chi connectivity index (χ0) is 21.8. The van der Waals surface area contributed by atoms with Gasteiger partial charge in [-0.1, -0.05) is 30.3 Å². The molecule has 1 fully saturated rings. The first-order valence-corrected chi connectivity index (χ1v) is 11.4. The smallest absolute Gasteiger partial charge is 0.234 e. The molecule has 1 amide bonds. The highest BCUT2D eigenvalue weighted by atomic mass is 16.2. The number of fused-ring (bicyclic) bond motifs is 1. The molecule has 2 aliphatic rings. The fourth-order valence-corrected chi connectivity index (χ4v) is 4.50. The van der Waals surface area contributed by atoms with Crippen LogP contribution in [-0.4, -0.2) is 71.0 Å². The minimum Gasteiger partial charge on any atom is -0.354 e. The van der Waals surface area contributed by atoms with E-state index in [1.165, 1.54) is 16.8 Å². The number of nitrogens with one attached hydrogen (secondary N) is 1. The summed E-state index contributed by atoms with van der Waals surface area (Å²) < 4.78 is 0. The Morgan fingerprint density at radius 1 is 1.03 bits per heavy atom. The lowest BCUT2D eigenvalue weighted by molar-refractivity contribution is -0.122. The van der Waals surface area contributed by atoms with Crippen LogP contribution in [0, 0.1) is 6.92 Å².